The standard InChI is InChI=1S/C78H56N2Si2/c1-8-27-57(28-9-1)58-29-24-30-59(53-58)60-31-25-32-61(54-60)79-74-52-49-62(55-72(74)78-75(79)47-26-48-77(78)82(66-39-16-5-17-40-66,67-41-18-6-19-42-67)68-43-20-7-21-44-68)80-73-46-23-22-45-70(73)71-51-50-69(56-76(71)80)81(63-33-10-2-11-34-63,64-35-12-3-13-36-64)65-37-14-4-15-38-65/h1-56H. The van der Waals surface area contributed by atoms with Crippen LogP contribution in [0.4, 0.5) is 0 Å². The van der Waals surface area contributed by atoms with E-state index in [-0.39, 0.29) is 0 Å². The van der Waals surface area contributed by atoms with Gasteiger partial charge in [0, 0.05) is 32.9 Å². The molecule has 15 rings (SSSR count). The fourth-order valence-electron chi connectivity index (χ4n) is 13.7. The van der Waals surface area contributed by atoms with Crippen LogP contribution in [0, 0.1) is 0 Å². The van der Waals surface area contributed by atoms with Crippen molar-refractivity contribution in [1.82, 2.24) is 9.13 Å². The molecule has 2 heterocycles. The summed E-state index contributed by atoms with van der Waals surface area (Å²) in [6.45, 7) is 0. The van der Waals surface area contributed by atoms with Crippen molar-refractivity contribution in [3.05, 3.63) is 340 Å². The second kappa shape index (κ2) is 20.5. The minimum absolute atomic E-state index is 1.12. The zero-order chi connectivity index (χ0) is 54.5. The van der Waals surface area contributed by atoms with E-state index in [0.717, 1.165) is 16.9 Å². The molecule has 0 N–H and O–H groups in total. The lowest BCUT2D eigenvalue weighted by Crippen LogP contribution is -2.74. The molecular weight excluding hydrogens is 1020 g/mol. The Morgan fingerprint density at radius 3 is 1.15 bits per heavy atom. The van der Waals surface area contributed by atoms with Gasteiger partial charge in [-0.2, -0.15) is 0 Å². The topological polar surface area (TPSA) is 9.86 Å². The van der Waals surface area contributed by atoms with Crippen molar-refractivity contribution in [2.75, 3.05) is 0 Å². The maximum atomic E-state index is 2.55. The zero-order valence-corrected chi connectivity index (χ0v) is 47.2. The largest absolute Gasteiger partial charge is 0.309 e. The number of benzene rings is 13. The van der Waals surface area contributed by atoms with Gasteiger partial charge in [-0.25, -0.2) is 0 Å². The Hall–Kier alpha value is -10.1. The molecule has 0 radical (unpaired) electrons. The van der Waals surface area contributed by atoms with E-state index >= 15 is 0 Å². The van der Waals surface area contributed by atoms with E-state index in [9.17, 15) is 0 Å². The molecule has 0 atom stereocenters. The predicted octanol–water partition coefficient (Wildman–Crippen LogP) is 14.0. The summed E-state index contributed by atoms with van der Waals surface area (Å²) in [4.78, 5) is 0. The van der Waals surface area contributed by atoms with Gasteiger partial charge in [0.2, 0.25) is 0 Å². The van der Waals surface area contributed by atoms with Gasteiger partial charge < -0.3 is 9.13 Å². The summed E-state index contributed by atoms with van der Waals surface area (Å²) < 4.78 is 5.09. The number of hydrogen-bond donors (Lipinski definition) is 0. The van der Waals surface area contributed by atoms with Crippen molar-refractivity contribution in [1.29, 1.82) is 0 Å². The molecule has 0 fully saturated rings. The number of aromatic nitrogens is 2. The van der Waals surface area contributed by atoms with E-state index in [1.807, 2.05) is 0 Å². The van der Waals surface area contributed by atoms with E-state index in [1.54, 1.807) is 0 Å². The average Bonchev–Trinajstić information content (AvgIpc) is 2.56. The molecule has 0 unspecified atom stereocenters. The Bertz CT molecular complexity index is 4580. The van der Waals surface area contributed by atoms with Gasteiger partial charge in [-0.3, -0.25) is 0 Å². The summed E-state index contributed by atoms with van der Waals surface area (Å²) in [6, 6.07) is 128. The first kappa shape index (κ1) is 49.0. The Morgan fingerprint density at radius 2 is 0.585 bits per heavy atom. The van der Waals surface area contributed by atoms with Crippen molar-refractivity contribution in [2.24, 2.45) is 0 Å². The number of para-hydroxylation sites is 1. The van der Waals surface area contributed by atoms with Gasteiger partial charge in [0.15, 0.2) is 16.1 Å². The molecule has 0 amide bonds. The molecule has 0 aliphatic carbocycles. The SMILES string of the molecule is c1ccc(-c2cccc(-c3cccc(-n4c5ccc(-n6c7ccccc7c7ccc([Si](c8ccccc8)(c8ccccc8)c8ccccc8)cc76)cc5c5c([Si](c6ccccc6)(c6ccccc6)c6ccccc6)cccc54)c3)c2)cc1. The molecule has 15 aromatic rings. The lowest BCUT2D eigenvalue weighted by Gasteiger charge is -2.35. The highest BCUT2D eigenvalue weighted by atomic mass is 28.3. The van der Waals surface area contributed by atoms with Crippen molar-refractivity contribution in [3.63, 3.8) is 0 Å². The molecule has 13 aromatic carbocycles. The average molecular weight is 1080 g/mol. The number of fused-ring (bicyclic) bond motifs is 6. The molecular formula is C78H56N2Si2. The third-order valence-electron chi connectivity index (χ3n) is 17.2. The molecule has 2 nitrogen and oxygen atoms in total. The molecule has 0 aliphatic rings. The number of nitrogens with zero attached hydrogens (tertiary/aromatic N) is 2. The van der Waals surface area contributed by atoms with E-state index < -0.39 is 16.1 Å². The first-order valence-corrected chi connectivity index (χ1v) is 32.4. The summed E-state index contributed by atoms with van der Waals surface area (Å²) in [6.07, 6.45) is 0. The summed E-state index contributed by atoms with van der Waals surface area (Å²) >= 11 is 0. The van der Waals surface area contributed by atoms with Gasteiger partial charge in [-0.15, -0.1) is 0 Å². The summed E-state index contributed by atoms with van der Waals surface area (Å²) in [7, 11) is -5.97. The molecule has 0 aliphatic heterocycles. The van der Waals surface area contributed by atoms with Crippen LogP contribution >= 0.6 is 0 Å². The quantitative estimate of drug-likeness (QED) is 0.0852. The Kier molecular flexibility index (Phi) is 12.3. The monoisotopic (exact) mass is 1080 g/mol. The molecule has 4 heteroatoms. The van der Waals surface area contributed by atoms with Crippen molar-refractivity contribution in [3.8, 4) is 33.6 Å². The van der Waals surface area contributed by atoms with E-state index in [0.29, 0.717) is 0 Å². The van der Waals surface area contributed by atoms with Crippen LogP contribution in [0.5, 0.6) is 0 Å². The fraction of sp³-hybridized carbons (Fsp3) is 0. The molecule has 0 bridgehead atoms. The molecule has 0 saturated heterocycles. The third kappa shape index (κ3) is 7.90. The lowest BCUT2D eigenvalue weighted by molar-refractivity contribution is 1.17. The Labute approximate surface area is 480 Å². The van der Waals surface area contributed by atoms with Crippen LogP contribution < -0.4 is 41.5 Å². The van der Waals surface area contributed by atoms with Crippen LogP contribution in [0.25, 0.3) is 77.2 Å². The van der Waals surface area contributed by atoms with Gasteiger partial charge in [0.1, 0.15) is 0 Å². The lowest BCUT2D eigenvalue weighted by atomic mass is 9.99. The van der Waals surface area contributed by atoms with Gasteiger partial charge >= 0.3 is 0 Å². The molecule has 386 valence electrons. The van der Waals surface area contributed by atoms with Crippen LogP contribution in [0.15, 0.2) is 340 Å². The van der Waals surface area contributed by atoms with Crippen LogP contribution in [0.1, 0.15) is 0 Å². The maximum Gasteiger partial charge on any atom is 0.180 e. The minimum Gasteiger partial charge on any atom is -0.309 e. The van der Waals surface area contributed by atoms with E-state index in [2.05, 4.69) is 349 Å². The normalized spacial score (nSPS) is 11.9. The van der Waals surface area contributed by atoms with E-state index in [1.165, 1.54) is 102 Å². The van der Waals surface area contributed by atoms with Crippen LogP contribution in [0.2, 0.25) is 0 Å². The maximum absolute atomic E-state index is 3.08. The van der Waals surface area contributed by atoms with Gasteiger partial charge in [0.05, 0.1) is 22.1 Å². The summed E-state index contributed by atoms with van der Waals surface area (Å²) in [5.74, 6) is 0. The van der Waals surface area contributed by atoms with Gasteiger partial charge in [-0.05, 0) is 118 Å². The Balaban J connectivity index is 1.04. The highest BCUT2D eigenvalue weighted by Crippen LogP contribution is 2.38. The molecule has 2 aromatic heterocycles. The second-order valence-corrected chi connectivity index (χ2v) is 29.1. The highest BCUT2D eigenvalue weighted by Gasteiger charge is 2.44. The fourth-order valence-corrected chi connectivity index (χ4v) is 23.5. The van der Waals surface area contributed by atoms with Crippen LogP contribution in [-0.2, 0) is 0 Å². The van der Waals surface area contributed by atoms with E-state index in [4.69, 9.17) is 0 Å². The minimum atomic E-state index is -3.08. The van der Waals surface area contributed by atoms with Crippen molar-refractivity contribution < 1.29 is 0 Å². The van der Waals surface area contributed by atoms with Crippen molar-refractivity contribution in [2.45, 2.75) is 0 Å². The predicted molar refractivity (Wildman–Crippen MR) is 353 cm³/mol. The number of rotatable bonds is 12. The summed E-state index contributed by atoms with van der Waals surface area (Å²) in [5, 5.41) is 15.7. The summed E-state index contributed by atoms with van der Waals surface area (Å²) in [5.41, 5.74) is 11.7. The van der Waals surface area contributed by atoms with Crippen LogP contribution in [-0.4, -0.2) is 25.3 Å². The first-order valence-electron chi connectivity index (χ1n) is 28.4. The van der Waals surface area contributed by atoms with Gasteiger partial charge in [-0.1, -0.05) is 285 Å². The molecule has 0 saturated carbocycles. The third-order valence-corrected chi connectivity index (χ3v) is 26.8. The smallest absolute Gasteiger partial charge is 0.180 e. The first-order chi connectivity index (χ1) is 40.7. The molecule has 82 heavy (non-hydrogen) atoms. The second-order valence-electron chi connectivity index (χ2n) is 21.5. The molecule has 0 spiro atoms. The number of hydrogen-bond acceptors (Lipinski definition) is 0. The zero-order valence-electron chi connectivity index (χ0n) is 45.2. The van der Waals surface area contributed by atoms with Crippen molar-refractivity contribution >= 4 is 101 Å². The van der Waals surface area contributed by atoms with Crippen LogP contribution in [0.3, 0.4) is 0 Å². The van der Waals surface area contributed by atoms with Gasteiger partial charge in [0.25, 0.3) is 0 Å². The highest BCUT2D eigenvalue weighted by molar-refractivity contribution is 7.21. The Morgan fingerprint density at radius 1 is 0.195 bits per heavy atom.